The number of hydrogen-bond donors (Lipinski definition) is 1. The number of anilines is 1. The molecule has 0 aliphatic carbocycles. The van der Waals surface area contributed by atoms with E-state index in [4.69, 9.17) is 5.11 Å². The lowest BCUT2D eigenvalue weighted by Crippen LogP contribution is -2.39. The molecule has 0 aliphatic rings. The van der Waals surface area contributed by atoms with Crippen molar-refractivity contribution in [2.75, 3.05) is 38.2 Å². The number of amides is 1. The fourth-order valence-electron chi connectivity index (χ4n) is 1.58. The number of carbonyl (C=O) groups is 1. The summed E-state index contributed by atoms with van der Waals surface area (Å²) in [5, 5.41) is 8.87. The molecule has 0 radical (unpaired) electrons. The van der Waals surface area contributed by atoms with Crippen molar-refractivity contribution in [1.29, 1.82) is 0 Å². The first kappa shape index (κ1) is 13.7. The number of aliphatic hydroxyl groups is 1. The number of para-hydroxylation sites is 1. The van der Waals surface area contributed by atoms with E-state index < -0.39 is 0 Å². The smallest absolute Gasteiger partial charge is 0.240 e. The van der Waals surface area contributed by atoms with Crippen LogP contribution in [0.1, 0.15) is 6.92 Å². The van der Waals surface area contributed by atoms with Crippen molar-refractivity contribution in [3.05, 3.63) is 30.3 Å². The molecule has 1 amide bonds. The molecule has 4 nitrogen and oxygen atoms in total. The van der Waals surface area contributed by atoms with Gasteiger partial charge in [0.05, 0.1) is 13.2 Å². The van der Waals surface area contributed by atoms with E-state index in [-0.39, 0.29) is 12.5 Å². The molecule has 0 saturated carbocycles. The Morgan fingerprint density at radius 3 is 2.47 bits per heavy atom. The SMILES string of the molecule is CCN(CCO)CC(=O)N(C)c1ccccc1. The van der Waals surface area contributed by atoms with E-state index in [0.717, 1.165) is 12.2 Å². The van der Waals surface area contributed by atoms with Gasteiger partial charge < -0.3 is 10.0 Å². The lowest BCUT2D eigenvalue weighted by atomic mass is 10.3. The molecule has 17 heavy (non-hydrogen) atoms. The molecule has 1 aromatic rings. The summed E-state index contributed by atoms with van der Waals surface area (Å²) in [6.45, 7) is 3.68. The molecule has 0 spiro atoms. The van der Waals surface area contributed by atoms with Crippen LogP contribution < -0.4 is 4.90 Å². The van der Waals surface area contributed by atoms with Gasteiger partial charge in [0, 0.05) is 19.3 Å². The van der Waals surface area contributed by atoms with Crippen LogP contribution in [-0.2, 0) is 4.79 Å². The molecule has 1 rings (SSSR count). The van der Waals surface area contributed by atoms with Gasteiger partial charge in [-0.25, -0.2) is 0 Å². The van der Waals surface area contributed by atoms with Gasteiger partial charge in [-0.2, -0.15) is 0 Å². The highest BCUT2D eigenvalue weighted by molar-refractivity contribution is 5.94. The Bertz CT molecular complexity index is 341. The molecule has 0 heterocycles. The van der Waals surface area contributed by atoms with Crippen LogP contribution in [0.2, 0.25) is 0 Å². The van der Waals surface area contributed by atoms with Crippen LogP contribution in [0.4, 0.5) is 5.69 Å². The second-order valence-corrected chi connectivity index (χ2v) is 3.88. The summed E-state index contributed by atoms with van der Waals surface area (Å²) in [6.07, 6.45) is 0. The first-order valence-corrected chi connectivity index (χ1v) is 5.83. The van der Waals surface area contributed by atoms with Crippen LogP contribution in [0.3, 0.4) is 0 Å². The molecule has 1 N–H and O–H groups in total. The average Bonchev–Trinajstić information content (AvgIpc) is 2.38. The highest BCUT2D eigenvalue weighted by atomic mass is 16.3. The Hall–Kier alpha value is -1.39. The Morgan fingerprint density at radius 1 is 1.29 bits per heavy atom. The van der Waals surface area contributed by atoms with Gasteiger partial charge in [-0.3, -0.25) is 9.69 Å². The summed E-state index contributed by atoms with van der Waals surface area (Å²) in [5.41, 5.74) is 0.887. The maximum absolute atomic E-state index is 12.0. The van der Waals surface area contributed by atoms with Gasteiger partial charge in [-0.1, -0.05) is 25.1 Å². The number of likely N-dealkylation sites (N-methyl/N-ethyl adjacent to an activating group) is 2. The summed E-state index contributed by atoms with van der Waals surface area (Å²) >= 11 is 0. The molecule has 4 heteroatoms. The lowest BCUT2D eigenvalue weighted by Gasteiger charge is -2.23. The normalized spacial score (nSPS) is 10.6. The second kappa shape index (κ2) is 7.04. The molecule has 94 valence electrons. The standard InChI is InChI=1S/C13H20N2O2/c1-3-15(9-10-16)11-13(17)14(2)12-7-5-4-6-8-12/h4-8,16H,3,9-11H2,1-2H3. The zero-order valence-corrected chi connectivity index (χ0v) is 10.5. The third kappa shape index (κ3) is 4.17. The molecule has 0 saturated heterocycles. The van der Waals surface area contributed by atoms with Crippen LogP contribution in [0.25, 0.3) is 0 Å². The van der Waals surface area contributed by atoms with E-state index in [2.05, 4.69) is 0 Å². The third-order valence-corrected chi connectivity index (χ3v) is 2.74. The number of benzene rings is 1. The maximum atomic E-state index is 12.0. The van der Waals surface area contributed by atoms with Crippen molar-refractivity contribution in [3.8, 4) is 0 Å². The van der Waals surface area contributed by atoms with Gasteiger partial charge in [-0.05, 0) is 18.7 Å². The van der Waals surface area contributed by atoms with Gasteiger partial charge in [0.15, 0.2) is 0 Å². The summed E-state index contributed by atoms with van der Waals surface area (Å²) in [4.78, 5) is 15.5. The summed E-state index contributed by atoms with van der Waals surface area (Å²) in [6, 6.07) is 9.54. The van der Waals surface area contributed by atoms with Gasteiger partial charge in [-0.15, -0.1) is 0 Å². The summed E-state index contributed by atoms with van der Waals surface area (Å²) in [7, 11) is 1.77. The predicted molar refractivity (Wildman–Crippen MR) is 69.1 cm³/mol. The molecule has 0 fully saturated rings. The number of aliphatic hydroxyl groups excluding tert-OH is 1. The van der Waals surface area contributed by atoms with Gasteiger partial charge in [0.25, 0.3) is 0 Å². The van der Waals surface area contributed by atoms with Crippen LogP contribution in [0, 0.1) is 0 Å². The number of rotatable bonds is 6. The molecule has 0 aromatic heterocycles. The lowest BCUT2D eigenvalue weighted by molar-refractivity contribution is -0.119. The van der Waals surface area contributed by atoms with Crippen molar-refractivity contribution in [1.82, 2.24) is 4.90 Å². The minimum atomic E-state index is 0.0338. The monoisotopic (exact) mass is 236 g/mol. The first-order valence-electron chi connectivity index (χ1n) is 5.83. The average molecular weight is 236 g/mol. The van der Waals surface area contributed by atoms with Crippen molar-refractivity contribution in [2.24, 2.45) is 0 Å². The first-order chi connectivity index (χ1) is 8.19. The van der Waals surface area contributed by atoms with E-state index in [1.807, 2.05) is 42.2 Å². The van der Waals surface area contributed by atoms with Gasteiger partial charge in [0.1, 0.15) is 0 Å². The Balaban J connectivity index is 2.58. The highest BCUT2D eigenvalue weighted by Crippen LogP contribution is 2.11. The minimum absolute atomic E-state index is 0.0338. The molecular formula is C13H20N2O2. The predicted octanol–water partition coefficient (Wildman–Crippen LogP) is 0.964. The second-order valence-electron chi connectivity index (χ2n) is 3.88. The molecule has 0 bridgehead atoms. The number of carbonyl (C=O) groups excluding carboxylic acids is 1. The molecule has 0 aliphatic heterocycles. The van der Waals surface area contributed by atoms with E-state index in [0.29, 0.717) is 13.1 Å². The Kier molecular flexibility index (Phi) is 5.66. The molecular weight excluding hydrogens is 216 g/mol. The number of hydrogen-bond acceptors (Lipinski definition) is 3. The Labute approximate surface area is 102 Å². The Morgan fingerprint density at radius 2 is 1.94 bits per heavy atom. The van der Waals surface area contributed by atoms with Crippen molar-refractivity contribution >= 4 is 11.6 Å². The van der Waals surface area contributed by atoms with Crippen molar-refractivity contribution < 1.29 is 9.90 Å². The topological polar surface area (TPSA) is 43.8 Å². The minimum Gasteiger partial charge on any atom is -0.395 e. The third-order valence-electron chi connectivity index (χ3n) is 2.74. The van der Waals surface area contributed by atoms with E-state index in [1.54, 1.807) is 11.9 Å². The van der Waals surface area contributed by atoms with Gasteiger partial charge >= 0.3 is 0 Å². The molecule has 1 aromatic carbocycles. The highest BCUT2D eigenvalue weighted by Gasteiger charge is 2.13. The van der Waals surface area contributed by atoms with Crippen molar-refractivity contribution in [3.63, 3.8) is 0 Å². The van der Waals surface area contributed by atoms with E-state index in [1.165, 1.54) is 0 Å². The van der Waals surface area contributed by atoms with Crippen molar-refractivity contribution in [2.45, 2.75) is 6.92 Å². The van der Waals surface area contributed by atoms with Crippen LogP contribution >= 0.6 is 0 Å². The van der Waals surface area contributed by atoms with Crippen LogP contribution in [-0.4, -0.2) is 49.2 Å². The number of nitrogens with zero attached hydrogens (tertiary/aromatic N) is 2. The summed E-state index contributed by atoms with van der Waals surface area (Å²) in [5.74, 6) is 0.0338. The zero-order valence-electron chi connectivity index (χ0n) is 10.5. The zero-order chi connectivity index (χ0) is 12.7. The fraction of sp³-hybridized carbons (Fsp3) is 0.462. The molecule has 0 unspecified atom stereocenters. The largest absolute Gasteiger partial charge is 0.395 e. The fourth-order valence-corrected chi connectivity index (χ4v) is 1.58. The van der Waals surface area contributed by atoms with Crippen LogP contribution in [0.5, 0.6) is 0 Å². The molecule has 0 atom stereocenters. The maximum Gasteiger partial charge on any atom is 0.240 e. The van der Waals surface area contributed by atoms with E-state index >= 15 is 0 Å². The summed E-state index contributed by atoms with van der Waals surface area (Å²) < 4.78 is 0. The van der Waals surface area contributed by atoms with Gasteiger partial charge in [0.2, 0.25) is 5.91 Å². The van der Waals surface area contributed by atoms with Crippen LogP contribution in [0.15, 0.2) is 30.3 Å². The van der Waals surface area contributed by atoms with E-state index in [9.17, 15) is 4.79 Å². The quantitative estimate of drug-likeness (QED) is 0.800.